The summed E-state index contributed by atoms with van der Waals surface area (Å²) in [5.41, 5.74) is 0.445. The van der Waals surface area contributed by atoms with Crippen LogP contribution < -0.4 is 30.7 Å². The van der Waals surface area contributed by atoms with E-state index >= 15 is 0 Å². The predicted molar refractivity (Wildman–Crippen MR) is 437 cm³/mol. The molecule has 5 aromatic carbocycles. The Bertz CT molecular complexity index is 4790. The number of carboxylic acid groups (broad SMARTS) is 1. The average Bonchev–Trinajstić information content (AvgIpc) is 1.62. The first-order valence-corrected chi connectivity index (χ1v) is 39.9. The molecule has 7 heterocycles. The molecular weight excluding hydrogens is 1600 g/mol. The summed E-state index contributed by atoms with van der Waals surface area (Å²) in [5, 5.41) is 19.8. The van der Waals surface area contributed by atoms with Gasteiger partial charge in [0.25, 0.3) is 23.6 Å². The fourth-order valence-electron chi connectivity index (χ4n) is 14.6. The Morgan fingerprint density at radius 1 is 0.445 bits per heavy atom. The Morgan fingerprint density at radius 2 is 0.773 bits per heavy atom. The van der Waals surface area contributed by atoms with Crippen LogP contribution in [0.1, 0.15) is 159 Å². The first-order chi connectivity index (χ1) is 56.3. The van der Waals surface area contributed by atoms with Gasteiger partial charge in [-0.05, 0) is 170 Å². The Labute approximate surface area is 700 Å². The first-order valence-electron chi connectivity index (χ1n) is 39.1. The number of carboxylic acids is 1. The summed E-state index contributed by atoms with van der Waals surface area (Å²) in [6.45, 7) is 22.5. The summed E-state index contributed by atoms with van der Waals surface area (Å²) in [7, 11) is 5.76. The molecule has 0 saturated carbocycles. The van der Waals surface area contributed by atoms with E-state index in [0.717, 1.165) is 27.6 Å². The number of rotatable bonds is 15. The van der Waals surface area contributed by atoms with E-state index < -0.39 is 87.9 Å². The minimum absolute atomic E-state index is 0.162. The number of esters is 2. The number of amides is 11. The lowest BCUT2D eigenvalue weighted by Crippen LogP contribution is -2.54. The number of urea groups is 2. The summed E-state index contributed by atoms with van der Waals surface area (Å²) in [6, 6.07) is 28.0. The van der Waals surface area contributed by atoms with Crippen LogP contribution >= 0.6 is 15.9 Å². The van der Waals surface area contributed by atoms with Gasteiger partial charge in [-0.2, -0.15) is 0 Å². The number of hydrogen-bond donors (Lipinski definition) is 5. The van der Waals surface area contributed by atoms with Crippen molar-refractivity contribution in [2.24, 2.45) is 0 Å². The molecule has 0 aliphatic carbocycles. The van der Waals surface area contributed by atoms with Crippen molar-refractivity contribution < 1.29 is 95.8 Å². The van der Waals surface area contributed by atoms with Gasteiger partial charge in [-0.15, -0.1) is 0 Å². The molecule has 634 valence electrons. The van der Waals surface area contributed by atoms with Crippen molar-refractivity contribution in [3.63, 3.8) is 0 Å². The monoisotopic (exact) mass is 1700 g/mol. The van der Waals surface area contributed by atoms with E-state index in [-0.39, 0.29) is 56.1 Å². The SMILES string of the molecule is COC(=O)C(c1ccc(Br)cc1)N1CCCN(C(=O)OC(C)(C)C)CC1.COC(=O)C(c1ccc(C#C[C@]2(CN3Cc4ccc(OC)cc4C3=O)NC(=O)NC2=O)cc1)N1CCCN(C(=O)OC(C)(C)C)CC1.COc1ccc2c(c1)C(=O)N(C[C@@]1(C#Cc3ccc(C(C(=O)O)N4CCCN(C(=O)OC(C)(C)C)CC4)cc3)NC(=O)NC1=O)C2. The van der Waals surface area contributed by atoms with Gasteiger partial charge in [0.05, 0.1) is 41.5 Å². The maximum absolute atomic E-state index is 13.2. The predicted octanol–water partition coefficient (Wildman–Crippen LogP) is 8.39. The van der Waals surface area contributed by atoms with Gasteiger partial charge in [-0.25, -0.2) is 33.6 Å². The number of carbonyl (C=O) groups is 12. The smallest absolute Gasteiger partial charge is 0.410 e. The molecule has 5 atom stereocenters. The Morgan fingerprint density at radius 3 is 1.08 bits per heavy atom. The zero-order valence-corrected chi connectivity index (χ0v) is 70.8. The second-order valence-electron chi connectivity index (χ2n) is 32.5. The van der Waals surface area contributed by atoms with Crippen molar-refractivity contribution in [1.82, 2.24) is 60.5 Å². The third-order valence-corrected chi connectivity index (χ3v) is 20.9. The van der Waals surface area contributed by atoms with E-state index in [9.17, 15) is 62.6 Å². The highest BCUT2D eigenvalue weighted by Crippen LogP contribution is 2.34. The second kappa shape index (κ2) is 38.3. The topological polar surface area (TPSA) is 364 Å². The van der Waals surface area contributed by atoms with Crippen LogP contribution in [0.3, 0.4) is 0 Å². The molecule has 5 aromatic rings. The molecule has 7 aliphatic rings. The molecule has 0 aromatic heterocycles. The second-order valence-corrected chi connectivity index (χ2v) is 33.4. The van der Waals surface area contributed by atoms with Gasteiger partial charge in [-0.1, -0.05) is 88.1 Å². The van der Waals surface area contributed by atoms with Crippen molar-refractivity contribution >= 4 is 87.8 Å². The minimum atomic E-state index is -1.69. The van der Waals surface area contributed by atoms with E-state index in [0.29, 0.717) is 136 Å². The van der Waals surface area contributed by atoms with Crippen molar-refractivity contribution in [1.29, 1.82) is 0 Å². The van der Waals surface area contributed by atoms with Crippen LogP contribution in [0.15, 0.2) is 114 Å². The van der Waals surface area contributed by atoms with Gasteiger partial charge in [0.2, 0.25) is 11.1 Å². The number of carbonyl (C=O) groups excluding carboxylic acids is 11. The molecule has 0 bridgehead atoms. The molecular formula is C86H103BrN12O20. The summed E-state index contributed by atoms with van der Waals surface area (Å²) >= 11 is 3.42. The molecule has 5 saturated heterocycles. The molecule has 12 rings (SSSR count). The number of nitrogens with one attached hydrogen (secondary N) is 4. The lowest BCUT2D eigenvalue weighted by Gasteiger charge is -2.29. The highest BCUT2D eigenvalue weighted by molar-refractivity contribution is 9.10. The third kappa shape index (κ3) is 22.9. The van der Waals surface area contributed by atoms with Crippen LogP contribution in [0.4, 0.5) is 24.0 Å². The summed E-state index contributed by atoms with van der Waals surface area (Å²) in [5.74, 6) is 9.06. The molecule has 0 spiro atoms. The van der Waals surface area contributed by atoms with Crippen LogP contribution in [0.5, 0.6) is 11.5 Å². The third-order valence-electron chi connectivity index (χ3n) is 20.3. The van der Waals surface area contributed by atoms with Crippen LogP contribution in [0, 0.1) is 23.7 Å². The molecule has 0 radical (unpaired) electrons. The van der Waals surface area contributed by atoms with Gasteiger partial charge >= 0.3 is 48.2 Å². The quantitative estimate of drug-likeness (QED) is 0.0284. The summed E-state index contributed by atoms with van der Waals surface area (Å²) in [6.07, 6.45) is 0.875. The number of nitrogens with zero attached hydrogens (tertiary/aromatic N) is 8. The van der Waals surface area contributed by atoms with Crippen molar-refractivity contribution in [3.8, 4) is 35.2 Å². The molecule has 32 nitrogen and oxygen atoms in total. The molecule has 3 unspecified atom stereocenters. The van der Waals surface area contributed by atoms with E-state index in [1.54, 1.807) is 120 Å². The zero-order valence-electron chi connectivity index (χ0n) is 69.2. The lowest BCUT2D eigenvalue weighted by molar-refractivity contribution is -0.148. The van der Waals surface area contributed by atoms with Crippen LogP contribution in [0.25, 0.3) is 0 Å². The first kappa shape index (κ1) is 89.6. The normalized spacial score (nSPS) is 19.8. The Kier molecular flexibility index (Phi) is 28.8. The number of ether oxygens (including phenoxy) is 7. The van der Waals surface area contributed by atoms with Crippen molar-refractivity contribution in [2.45, 2.75) is 141 Å². The van der Waals surface area contributed by atoms with Crippen LogP contribution in [0.2, 0.25) is 0 Å². The Balaban J connectivity index is 0.000000196. The van der Waals surface area contributed by atoms with Crippen molar-refractivity contribution in [3.05, 3.63) is 164 Å². The number of aliphatic carboxylic acids is 1. The standard InChI is InChI=1S/C34H39N5O8.C33H37N5O8.C19H27BrN2O4/c1-33(2,3)47-32(44)38-16-6-15-37(17-18-38)27(29(41)46-5)23-9-7-22(8-10-23)13-14-34(30(42)35-31(43)36-34)21-39-20-24-11-12-25(45-4)19-26(24)28(39)40;1-32(2,3)46-31(44)37-15-5-14-36(16-17-37)26(28(40)41)22-8-6-21(7-9-22)12-13-33(29(42)34-30(43)35-33)20-38-19-23-10-11-24(45-4)18-25(23)27(38)39;1-19(2,3)26-18(24)22-11-5-10-21(12-13-22)16(17(23)25-4)14-6-8-15(20)9-7-14/h7-12,19,27H,6,15-18,20-21H2,1-5H3,(H2,35,36,42,43);6-11,18,26H,5,14-17,19-20H2,1-4H3,(H,40,41)(H2,34,35,42,43);6-9,16H,5,10-13H2,1-4H3/t27?,34-;26?,33-;/m11./s1. The molecule has 7 aliphatic heterocycles. The molecule has 5 fully saturated rings. The number of halogens is 1. The van der Waals surface area contributed by atoms with E-state index in [1.807, 2.05) is 75.6 Å². The molecule has 33 heteroatoms. The van der Waals surface area contributed by atoms with Crippen LogP contribution in [-0.4, -0.2) is 264 Å². The zero-order chi connectivity index (χ0) is 86.5. The number of fused-ring (bicyclic) bond motifs is 2. The summed E-state index contributed by atoms with van der Waals surface area (Å²) < 4.78 is 38.1. The fourth-order valence-corrected chi connectivity index (χ4v) is 14.8. The number of imide groups is 2. The average molecular weight is 1700 g/mol. The van der Waals surface area contributed by atoms with Gasteiger partial charge in [0.15, 0.2) is 0 Å². The van der Waals surface area contributed by atoms with E-state index in [4.69, 9.17) is 33.2 Å². The largest absolute Gasteiger partial charge is 0.497 e. The number of benzene rings is 5. The van der Waals surface area contributed by atoms with E-state index in [2.05, 4.69) is 65.8 Å². The van der Waals surface area contributed by atoms with Gasteiger partial charge in [0.1, 0.15) is 46.4 Å². The minimum Gasteiger partial charge on any atom is -0.497 e. The fraction of sp³-hybridized carbons (Fsp3) is 0.465. The highest BCUT2D eigenvalue weighted by Gasteiger charge is 2.50. The molecule has 119 heavy (non-hydrogen) atoms. The Hall–Kier alpha value is -11.8. The lowest BCUT2D eigenvalue weighted by atomic mass is 9.98. The molecule has 5 N–H and O–H groups in total. The highest BCUT2D eigenvalue weighted by atomic mass is 79.9. The maximum Gasteiger partial charge on any atom is 0.410 e. The van der Waals surface area contributed by atoms with E-state index in [1.165, 1.54) is 38.2 Å². The van der Waals surface area contributed by atoms with Crippen molar-refractivity contribution in [2.75, 3.05) is 120 Å². The molecule has 11 amide bonds. The van der Waals surface area contributed by atoms with Gasteiger partial charge in [-0.3, -0.25) is 49.3 Å². The van der Waals surface area contributed by atoms with Gasteiger partial charge < -0.3 is 73.4 Å². The summed E-state index contributed by atoms with van der Waals surface area (Å²) in [4.78, 5) is 166. The number of methoxy groups -OCH3 is 4. The number of hydrogen-bond acceptors (Lipinski definition) is 22. The maximum atomic E-state index is 13.2. The van der Waals surface area contributed by atoms with Crippen LogP contribution in [-0.2, 0) is 60.7 Å². The van der Waals surface area contributed by atoms with Gasteiger partial charge in [0, 0.05) is 118 Å².